The Kier molecular flexibility index (Phi) is 5.91. The second kappa shape index (κ2) is 8.93. The van der Waals surface area contributed by atoms with Crippen LogP contribution in [-0.4, -0.2) is 17.6 Å². The van der Waals surface area contributed by atoms with Gasteiger partial charge in [0.25, 0.3) is 0 Å². The highest BCUT2D eigenvalue weighted by atomic mass is 35.5. The highest BCUT2D eigenvalue weighted by Crippen LogP contribution is 2.29. The topological polar surface area (TPSA) is 52.5 Å². The molecule has 6 heteroatoms. The van der Waals surface area contributed by atoms with Gasteiger partial charge in [-0.05, 0) is 42.0 Å². The number of benzene rings is 3. The van der Waals surface area contributed by atoms with Gasteiger partial charge in [0, 0.05) is 17.3 Å². The van der Waals surface area contributed by atoms with Crippen molar-refractivity contribution in [2.45, 2.75) is 13.2 Å². The number of anilines is 1. The normalized spacial score (nSPS) is 10.7. The van der Waals surface area contributed by atoms with Gasteiger partial charge in [0.1, 0.15) is 24.7 Å². The Morgan fingerprint density at radius 3 is 2.60 bits per heavy atom. The van der Waals surface area contributed by atoms with Crippen LogP contribution in [0, 0.1) is 0 Å². The van der Waals surface area contributed by atoms with Gasteiger partial charge in [0.05, 0.1) is 17.6 Å². The fourth-order valence-electron chi connectivity index (χ4n) is 3.29. The van der Waals surface area contributed by atoms with Crippen molar-refractivity contribution in [1.29, 1.82) is 0 Å². The first-order valence-electron chi connectivity index (χ1n) is 9.52. The number of ether oxygens (including phenoxy) is 2. The summed E-state index contributed by atoms with van der Waals surface area (Å²) in [5.74, 6) is 1.20. The maximum atomic E-state index is 12.5. The van der Waals surface area contributed by atoms with Crippen molar-refractivity contribution in [1.82, 2.24) is 4.57 Å². The summed E-state index contributed by atoms with van der Waals surface area (Å²) in [5, 5.41) is 4.28. The Bertz CT molecular complexity index is 1170. The molecular weight excluding hydrogens is 400 g/mol. The predicted octanol–water partition coefficient (Wildman–Crippen LogP) is 5.52. The van der Waals surface area contributed by atoms with Crippen LogP contribution in [0.5, 0.6) is 11.5 Å². The van der Waals surface area contributed by atoms with Crippen LogP contribution in [0.1, 0.15) is 5.56 Å². The van der Waals surface area contributed by atoms with Crippen LogP contribution in [0.4, 0.5) is 5.69 Å². The first-order chi connectivity index (χ1) is 14.6. The Morgan fingerprint density at radius 2 is 1.83 bits per heavy atom. The van der Waals surface area contributed by atoms with Crippen LogP contribution < -0.4 is 14.8 Å². The molecule has 0 unspecified atom stereocenters. The second-order valence-corrected chi connectivity index (χ2v) is 7.21. The number of nitrogens with one attached hydrogen (secondary N) is 1. The summed E-state index contributed by atoms with van der Waals surface area (Å²) < 4.78 is 13.0. The first kappa shape index (κ1) is 19.9. The van der Waals surface area contributed by atoms with Crippen molar-refractivity contribution in [3.05, 3.63) is 89.6 Å². The Balaban J connectivity index is 1.47. The van der Waals surface area contributed by atoms with Crippen molar-refractivity contribution < 1.29 is 14.3 Å². The highest BCUT2D eigenvalue weighted by Gasteiger charge is 2.11. The van der Waals surface area contributed by atoms with E-state index in [0.29, 0.717) is 23.1 Å². The number of fused-ring (bicyclic) bond motifs is 1. The lowest BCUT2D eigenvalue weighted by molar-refractivity contribution is -0.116. The molecule has 4 aromatic rings. The number of hydrogen-bond acceptors (Lipinski definition) is 3. The molecule has 1 amide bonds. The number of amides is 1. The Hall–Kier alpha value is -3.44. The molecule has 4 rings (SSSR count). The van der Waals surface area contributed by atoms with E-state index in [9.17, 15) is 4.79 Å². The Labute approximate surface area is 179 Å². The van der Waals surface area contributed by atoms with E-state index in [2.05, 4.69) is 5.32 Å². The fourth-order valence-corrected chi connectivity index (χ4v) is 3.55. The Morgan fingerprint density at radius 1 is 1.00 bits per heavy atom. The first-order valence-corrected chi connectivity index (χ1v) is 9.90. The predicted molar refractivity (Wildman–Crippen MR) is 119 cm³/mol. The number of rotatable bonds is 7. The van der Waals surface area contributed by atoms with Crippen LogP contribution in [-0.2, 0) is 17.9 Å². The molecule has 0 saturated carbocycles. The third-order valence-corrected chi connectivity index (χ3v) is 5.06. The van der Waals surface area contributed by atoms with E-state index in [4.69, 9.17) is 21.1 Å². The summed E-state index contributed by atoms with van der Waals surface area (Å²) in [6.45, 7) is 0.666. The van der Waals surface area contributed by atoms with Crippen LogP contribution in [0.3, 0.4) is 0 Å². The molecule has 0 aliphatic carbocycles. The molecule has 5 nitrogen and oxygen atoms in total. The molecule has 1 aromatic heterocycles. The molecular formula is C24H21ClN2O3. The SMILES string of the molecule is COc1ccc(NC(=O)Cn2ccc3c(OCc4ccccc4)cccc32)cc1Cl. The van der Waals surface area contributed by atoms with Crippen LogP contribution in [0.15, 0.2) is 79.0 Å². The van der Waals surface area contributed by atoms with Gasteiger partial charge in [0.2, 0.25) is 5.91 Å². The van der Waals surface area contributed by atoms with Crippen molar-refractivity contribution in [2.24, 2.45) is 0 Å². The summed E-state index contributed by atoms with van der Waals surface area (Å²) >= 11 is 6.13. The van der Waals surface area contributed by atoms with E-state index in [1.165, 1.54) is 0 Å². The number of carbonyl (C=O) groups is 1. The third-order valence-electron chi connectivity index (χ3n) is 4.76. The molecule has 0 atom stereocenters. The third kappa shape index (κ3) is 4.42. The van der Waals surface area contributed by atoms with E-state index in [0.717, 1.165) is 22.2 Å². The number of halogens is 1. The van der Waals surface area contributed by atoms with E-state index >= 15 is 0 Å². The van der Waals surface area contributed by atoms with Crippen molar-refractivity contribution in [3.63, 3.8) is 0 Å². The van der Waals surface area contributed by atoms with E-state index in [-0.39, 0.29) is 12.5 Å². The van der Waals surface area contributed by atoms with Crippen LogP contribution in [0.2, 0.25) is 5.02 Å². The number of aromatic nitrogens is 1. The zero-order valence-electron chi connectivity index (χ0n) is 16.5. The summed E-state index contributed by atoms with van der Waals surface area (Å²) in [7, 11) is 1.55. The molecule has 152 valence electrons. The minimum absolute atomic E-state index is 0.149. The number of nitrogens with zero attached hydrogens (tertiary/aromatic N) is 1. The fraction of sp³-hybridized carbons (Fsp3) is 0.125. The zero-order valence-corrected chi connectivity index (χ0v) is 17.2. The average molecular weight is 421 g/mol. The lowest BCUT2D eigenvalue weighted by Gasteiger charge is -2.10. The van der Waals surface area contributed by atoms with E-state index in [1.807, 2.05) is 65.4 Å². The maximum absolute atomic E-state index is 12.5. The van der Waals surface area contributed by atoms with Gasteiger partial charge in [-0.2, -0.15) is 0 Å². The van der Waals surface area contributed by atoms with Crippen molar-refractivity contribution >= 4 is 34.1 Å². The largest absolute Gasteiger partial charge is 0.495 e. The second-order valence-electron chi connectivity index (χ2n) is 6.80. The minimum atomic E-state index is -0.149. The number of carbonyl (C=O) groups excluding carboxylic acids is 1. The standard InChI is InChI=1S/C24H21ClN2O3/c1-29-23-11-10-18(14-20(23)25)26-24(28)15-27-13-12-19-21(27)8-5-9-22(19)30-16-17-6-3-2-4-7-17/h2-14H,15-16H2,1H3,(H,26,28). The van der Waals surface area contributed by atoms with E-state index < -0.39 is 0 Å². The minimum Gasteiger partial charge on any atom is -0.495 e. The van der Waals surface area contributed by atoms with Gasteiger partial charge in [-0.3, -0.25) is 4.79 Å². The number of methoxy groups -OCH3 is 1. The van der Waals surface area contributed by atoms with E-state index in [1.54, 1.807) is 25.3 Å². The van der Waals surface area contributed by atoms with Crippen molar-refractivity contribution in [2.75, 3.05) is 12.4 Å². The molecule has 0 spiro atoms. The molecule has 0 saturated heterocycles. The lowest BCUT2D eigenvalue weighted by Crippen LogP contribution is -2.18. The van der Waals surface area contributed by atoms with Crippen molar-refractivity contribution in [3.8, 4) is 11.5 Å². The molecule has 30 heavy (non-hydrogen) atoms. The molecule has 1 heterocycles. The maximum Gasteiger partial charge on any atom is 0.244 e. The molecule has 1 N–H and O–H groups in total. The van der Waals surface area contributed by atoms with Gasteiger partial charge >= 0.3 is 0 Å². The molecule has 0 fully saturated rings. The summed E-state index contributed by atoms with van der Waals surface area (Å²) in [6.07, 6.45) is 1.89. The van der Waals surface area contributed by atoms with Gasteiger partial charge in [0.15, 0.2) is 0 Å². The quantitative estimate of drug-likeness (QED) is 0.428. The average Bonchev–Trinajstić information content (AvgIpc) is 3.16. The zero-order chi connectivity index (χ0) is 20.9. The van der Waals surface area contributed by atoms with Gasteiger partial charge in [-0.1, -0.05) is 48.0 Å². The summed E-state index contributed by atoms with van der Waals surface area (Å²) in [5.41, 5.74) is 2.66. The molecule has 0 bridgehead atoms. The summed E-state index contributed by atoms with van der Waals surface area (Å²) in [6, 6.07) is 23.0. The van der Waals surface area contributed by atoms with Gasteiger partial charge < -0.3 is 19.4 Å². The molecule has 0 aliphatic heterocycles. The lowest BCUT2D eigenvalue weighted by atomic mass is 10.2. The summed E-state index contributed by atoms with van der Waals surface area (Å²) in [4.78, 5) is 12.5. The molecule has 0 radical (unpaired) electrons. The van der Waals surface area contributed by atoms with Gasteiger partial charge in [-0.15, -0.1) is 0 Å². The smallest absolute Gasteiger partial charge is 0.244 e. The van der Waals surface area contributed by atoms with Crippen LogP contribution >= 0.6 is 11.6 Å². The van der Waals surface area contributed by atoms with Gasteiger partial charge in [-0.25, -0.2) is 0 Å². The molecule has 3 aromatic carbocycles. The number of hydrogen-bond donors (Lipinski definition) is 1. The highest BCUT2D eigenvalue weighted by molar-refractivity contribution is 6.32. The monoisotopic (exact) mass is 420 g/mol. The molecule has 0 aliphatic rings. The van der Waals surface area contributed by atoms with Crippen LogP contribution in [0.25, 0.3) is 10.9 Å².